The Kier molecular flexibility index (Phi) is 3.10. The molecule has 1 aromatic heterocycles. The Morgan fingerprint density at radius 1 is 1.56 bits per heavy atom. The summed E-state index contributed by atoms with van der Waals surface area (Å²) >= 11 is 0. The zero-order chi connectivity index (χ0) is 11.5. The molecule has 0 radical (unpaired) electrons. The van der Waals surface area contributed by atoms with Crippen LogP contribution in [-0.4, -0.2) is 17.1 Å². The molecule has 1 aromatic rings. The lowest BCUT2D eigenvalue weighted by molar-refractivity contribution is 0.0659. The van der Waals surface area contributed by atoms with Crippen molar-refractivity contribution >= 4 is 5.97 Å². The van der Waals surface area contributed by atoms with Gasteiger partial charge in [0.25, 0.3) is 0 Å². The van der Waals surface area contributed by atoms with E-state index in [2.05, 4.69) is 17.5 Å². The third-order valence-electron chi connectivity index (χ3n) is 2.74. The first kappa shape index (κ1) is 11.0. The van der Waals surface area contributed by atoms with Crippen LogP contribution in [0.15, 0.2) is 22.6 Å². The van der Waals surface area contributed by atoms with Crippen LogP contribution in [0.4, 0.5) is 0 Å². The Labute approximate surface area is 94.0 Å². The second-order valence-corrected chi connectivity index (χ2v) is 4.05. The molecule has 0 saturated heterocycles. The number of furan rings is 1. The number of carboxylic acids is 1. The maximum atomic E-state index is 10.8. The standard InChI is InChI=1S/C12H15NO3/c1-8-6-10(16-11(8)12(14)15)7-13-9-4-2-3-5-9/h2-3,6,9,13H,4-5,7H2,1H3,(H,14,15). The van der Waals surface area contributed by atoms with Crippen molar-refractivity contribution in [1.29, 1.82) is 0 Å². The van der Waals surface area contributed by atoms with Gasteiger partial charge in [0.15, 0.2) is 0 Å². The summed E-state index contributed by atoms with van der Waals surface area (Å²) in [6.45, 7) is 2.33. The number of rotatable bonds is 4. The molecule has 0 aliphatic heterocycles. The highest BCUT2D eigenvalue weighted by Crippen LogP contribution is 2.16. The number of nitrogens with one attached hydrogen (secondary N) is 1. The average Bonchev–Trinajstić information content (AvgIpc) is 2.83. The van der Waals surface area contributed by atoms with Gasteiger partial charge in [-0.2, -0.15) is 0 Å². The van der Waals surface area contributed by atoms with Crippen LogP contribution in [0.25, 0.3) is 0 Å². The van der Waals surface area contributed by atoms with E-state index in [1.54, 1.807) is 13.0 Å². The largest absolute Gasteiger partial charge is 0.475 e. The number of carbonyl (C=O) groups is 1. The van der Waals surface area contributed by atoms with Gasteiger partial charge in [-0.15, -0.1) is 0 Å². The quantitative estimate of drug-likeness (QED) is 0.764. The molecule has 16 heavy (non-hydrogen) atoms. The van der Waals surface area contributed by atoms with Gasteiger partial charge in [-0.05, 0) is 25.8 Å². The highest BCUT2D eigenvalue weighted by molar-refractivity contribution is 5.86. The van der Waals surface area contributed by atoms with Crippen LogP contribution < -0.4 is 5.32 Å². The Balaban J connectivity index is 1.94. The van der Waals surface area contributed by atoms with Gasteiger partial charge in [-0.25, -0.2) is 4.79 Å². The molecule has 4 nitrogen and oxygen atoms in total. The highest BCUT2D eigenvalue weighted by atomic mass is 16.4. The van der Waals surface area contributed by atoms with Gasteiger partial charge in [-0.1, -0.05) is 12.2 Å². The maximum absolute atomic E-state index is 10.8. The number of carboxylic acid groups (broad SMARTS) is 1. The second-order valence-electron chi connectivity index (χ2n) is 4.05. The van der Waals surface area contributed by atoms with E-state index in [9.17, 15) is 4.79 Å². The fraction of sp³-hybridized carbons (Fsp3) is 0.417. The van der Waals surface area contributed by atoms with E-state index in [1.165, 1.54) is 0 Å². The fourth-order valence-corrected chi connectivity index (χ4v) is 1.88. The SMILES string of the molecule is Cc1cc(CNC2CC=CC2)oc1C(=O)O. The van der Waals surface area contributed by atoms with Gasteiger partial charge in [0.05, 0.1) is 6.54 Å². The van der Waals surface area contributed by atoms with Crippen LogP contribution in [0, 0.1) is 6.92 Å². The zero-order valence-corrected chi connectivity index (χ0v) is 9.19. The third-order valence-corrected chi connectivity index (χ3v) is 2.74. The van der Waals surface area contributed by atoms with Crippen molar-refractivity contribution in [3.63, 3.8) is 0 Å². The predicted molar refractivity (Wildman–Crippen MR) is 59.4 cm³/mol. The number of hydrogen-bond acceptors (Lipinski definition) is 3. The fourth-order valence-electron chi connectivity index (χ4n) is 1.88. The van der Waals surface area contributed by atoms with Gasteiger partial charge in [0.1, 0.15) is 5.76 Å². The molecule has 0 saturated carbocycles. The lowest BCUT2D eigenvalue weighted by Gasteiger charge is -2.09. The Bertz CT molecular complexity index is 412. The summed E-state index contributed by atoms with van der Waals surface area (Å²) in [5.74, 6) is -0.283. The maximum Gasteiger partial charge on any atom is 0.372 e. The van der Waals surface area contributed by atoms with E-state index in [0.29, 0.717) is 23.9 Å². The minimum atomic E-state index is -1.01. The predicted octanol–water partition coefficient (Wildman–Crippen LogP) is 2.09. The summed E-state index contributed by atoms with van der Waals surface area (Å²) in [7, 11) is 0. The first-order valence-electron chi connectivity index (χ1n) is 5.38. The smallest absolute Gasteiger partial charge is 0.372 e. The van der Waals surface area contributed by atoms with Crippen LogP contribution in [-0.2, 0) is 6.54 Å². The monoisotopic (exact) mass is 221 g/mol. The van der Waals surface area contributed by atoms with Crippen LogP contribution in [0.3, 0.4) is 0 Å². The first-order valence-corrected chi connectivity index (χ1v) is 5.38. The van der Waals surface area contributed by atoms with E-state index in [0.717, 1.165) is 12.8 Å². The normalized spacial score (nSPS) is 15.8. The van der Waals surface area contributed by atoms with Crippen LogP contribution in [0.2, 0.25) is 0 Å². The number of aromatic carboxylic acids is 1. The Morgan fingerprint density at radius 2 is 2.25 bits per heavy atom. The Hall–Kier alpha value is -1.55. The number of aryl methyl sites for hydroxylation is 1. The lowest BCUT2D eigenvalue weighted by atomic mass is 10.2. The molecular formula is C12H15NO3. The highest BCUT2D eigenvalue weighted by Gasteiger charge is 2.15. The van der Waals surface area contributed by atoms with Gasteiger partial charge in [0, 0.05) is 11.6 Å². The molecule has 1 heterocycles. The van der Waals surface area contributed by atoms with Crippen molar-refractivity contribution in [1.82, 2.24) is 5.32 Å². The molecule has 2 N–H and O–H groups in total. The van der Waals surface area contributed by atoms with Crippen molar-refractivity contribution in [2.45, 2.75) is 32.4 Å². The molecule has 4 heteroatoms. The molecular weight excluding hydrogens is 206 g/mol. The van der Waals surface area contributed by atoms with Crippen molar-refractivity contribution in [3.05, 3.63) is 35.3 Å². The summed E-state index contributed by atoms with van der Waals surface area (Å²) in [5.41, 5.74) is 0.675. The first-order chi connectivity index (χ1) is 7.66. The molecule has 0 fully saturated rings. The van der Waals surface area contributed by atoms with Gasteiger partial charge < -0.3 is 14.8 Å². The molecule has 86 valence electrons. The molecule has 0 atom stereocenters. The Morgan fingerprint density at radius 3 is 2.81 bits per heavy atom. The van der Waals surface area contributed by atoms with E-state index in [-0.39, 0.29) is 5.76 Å². The second kappa shape index (κ2) is 4.53. The third kappa shape index (κ3) is 2.33. The minimum Gasteiger partial charge on any atom is -0.475 e. The van der Waals surface area contributed by atoms with E-state index in [1.807, 2.05) is 0 Å². The summed E-state index contributed by atoms with van der Waals surface area (Å²) in [6, 6.07) is 2.23. The van der Waals surface area contributed by atoms with Gasteiger partial charge in [0.2, 0.25) is 5.76 Å². The van der Waals surface area contributed by atoms with Crippen LogP contribution in [0.5, 0.6) is 0 Å². The van der Waals surface area contributed by atoms with Crippen molar-refractivity contribution in [2.24, 2.45) is 0 Å². The van der Waals surface area contributed by atoms with Gasteiger partial charge in [-0.3, -0.25) is 0 Å². The molecule has 0 amide bonds. The summed E-state index contributed by atoms with van der Waals surface area (Å²) in [5, 5.41) is 12.2. The molecule has 0 aromatic carbocycles. The van der Waals surface area contributed by atoms with E-state index in [4.69, 9.17) is 9.52 Å². The minimum absolute atomic E-state index is 0.0429. The van der Waals surface area contributed by atoms with Crippen molar-refractivity contribution in [3.8, 4) is 0 Å². The molecule has 1 aliphatic carbocycles. The summed E-state index contributed by atoms with van der Waals surface area (Å²) in [4.78, 5) is 10.8. The molecule has 0 bridgehead atoms. The van der Waals surface area contributed by atoms with E-state index >= 15 is 0 Å². The molecule has 0 spiro atoms. The van der Waals surface area contributed by atoms with Crippen LogP contribution >= 0.6 is 0 Å². The molecule has 2 rings (SSSR count). The molecule has 0 unspecified atom stereocenters. The number of hydrogen-bond donors (Lipinski definition) is 2. The van der Waals surface area contributed by atoms with Crippen molar-refractivity contribution < 1.29 is 14.3 Å². The lowest BCUT2D eigenvalue weighted by Crippen LogP contribution is -2.25. The van der Waals surface area contributed by atoms with Crippen molar-refractivity contribution in [2.75, 3.05) is 0 Å². The average molecular weight is 221 g/mol. The molecule has 1 aliphatic rings. The summed E-state index contributed by atoms with van der Waals surface area (Å²) in [6.07, 6.45) is 6.36. The summed E-state index contributed by atoms with van der Waals surface area (Å²) < 4.78 is 5.25. The van der Waals surface area contributed by atoms with E-state index < -0.39 is 5.97 Å². The van der Waals surface area contributed by atoms with Crippen LogP contribution in [0.1, 0.15) is 34.7 Å². The topological polar surface area (TPSA) is 62.5 Å². The zero-order valence-electron chi connectivity index (χ0n) is 9.19. The van der Waals surface area contributed by atoms with Gasteiger partial charge >= 0.3 is 5.97 Å².